The van der Waals surface area contributed by atoms with E-state index in [1.54, 1.807) is 7.05 Å². The first-order valence-corrected chi connectivity index (χ1v) is 5.87. The zero-order chi connectivity index (χ0) is 12.4. The molecular formula is C12H14ClN3O. The number of para-hydroxylation sites is 2. The number of likely N-dealkylation sites (N-methyl/N-ethyl adjacent to an activating group) is 1. The number of alkyl halides is 1. The number of imidazole rings is 1. The minimum absolute atomic E-state index is 0.0632. The predicted molar refractivity (Wildman–Crippen MR) is 68.1 cm³/mol. The van der Waals surface area contributed by atoms with Gasteiger partial charge in [0.15, 0.2) is 0 Å². The molecule has 1 unspecified atom stereocenters. The molecule has 0 saturated heterocycles. The van der Waals surface area contributed by atoms with Crippen molar-refractivity contribution in [1.82, 2.24) is 14.9 Å². The second-order valence-corrected chi connectivity index (χ2v) is 4.49. The molecule has 0 aliphatic heterocycles. The minimum atomic E-state index is -0.230. The highest BCUT2D eigenvalue weighted by atomic mass is 35.5. The molecule has 1 atom stereocenters. The van der Waals surface area contributed by atoms with Crippen LogP contribution in [-0.4, -0.2) is 22.5 Å². The number of rotatable bonds is 3. The van der Waals surface area contributed by atoms with E-state index in [0.717, 1.165) is 16.9 Å². The molecular weight excluding hydrogens is 238 g/mol. The van der Waals surface area contributed by atoms with Gasteiger partial charge >= 0.3 is 0 Å². The van der Waals surface area contributed by atoms with Gasteiger partial charge in [-0.1, -0.05) is 12.1 Å². The monoisotopic (exact) mass is 251 g/mol. The Hall–Kier alpha value is -1.55. The van der Waals surface area contributed by atoms with Gasteiger partial charge in [0.2, 0.25) is 5.91 Å². The van der Waals surface area contributed by atoms with Gasteiger partial charge in [0.05, 0.1) is 16.4 Å². The zero-order valence-corrected chi connectivity index (χ0v) is 10.5. The lowest BCUT2D eigenvalue weighted by Gasteiger charge is -2.09. The van der Waals surface area contributed by atoms with E-state index in [1.165, 1.54) is 0 Å². The second-order valence-electron chi connectivity index (χ2n) is 3.83. The number of nitrogens with zero attached hydrogens (tertiary/aromatic N) is 2. The van der Waals surface area contributed by atoms with Crippen LogP contribution in [0.15, 0.2) is 24.3 Å². The first-order valence-electron chi connectivity index (χ1n) is 5.43. The van der Waals surface area contributed by atoms with E-state index in [4.69, 9.17) is 11.6 Å². The van der Waals surface area contributed by atoms with E-state index >= 15 is 0 Å². The molecule has 0 aliphatic rings. The van der Waals surface area contributed by atoms with Crippen molar-refractivity contribution in [3.63, 3.8) is 0 Å². The van der Waals surface area contributed by atoms with Gasteiger partial charge in [-0.15, -0.1) is 11.6 Å². The highest BCUT2D eigenvalue weighted by Gasteiger charge is 2.16. The van der Waals surface area contributed by atoms with Crippen LogP contribution in [0.5, 0.6) is 0 Å². The van der Waals surface area contributed by atoms with Crippen LogP contribution in [-0.2, 0) is 11.3 Å². The fraction of sp³-hybridized carbons (Fsp3) is 0.333. The molecule has 0 saturated carbocycles. The summed E-state index contributed by atoms with van der Waals surface area (Å²) in [5.41, 5.74) is 1.79. The largest absolute Gasteiger partial charge is 0.358 e. The third-order valence-corrected chi connectivity index (χ3v) is 2.82. The standard InChI is InChI=1S/C12H14ClN3O/c1-8(13)12-15-9-5-3-4-6-10(9)16(12)7-11(17)14-2/h3-6,8H,7H2,1-2H3,(H,14,17). The number of benzene rings is 1. The Morgan fingerprint density at radius 2 is 2.24 bits per heavy atom. The van der Waals surface area contributed by atoms with E-state index < -0.39 is 0 Å². The van der Waals surface area contributed by atoms with Gasteiger partial charge in [0, 0.05) is 7.05 Å². The molecule has 0 fully saturated rings. The van der Waals surface area contributed by atoms with E-state index in [9.17, 15) is 4.79 Å². The van der Waals surface area contributed by atoms with Crippen molar-refractivity contribution in [1.29, 1.82) is 0 Å². The summed E-state index contributed by atoms with van der Waals surface area (Å²) in [6, 6.07) is 7.70. The molecule has 90 valence electrons. The van der Waals surface area contributed by atoms with Gasteiger partial charge in [-0.05, 0) is 19.1 Å². The van der Waals surface area contributed by atoms with Crippen LogP contribution in [0.3, 0.4) is 0 Å². The molecule has 4 nitrogen and oxygen atoms in total. The Balaban J connectivity index is 2.55. The predicted octanol–water partition coefficient (Wildman–Crippen LogP) is 2.08. The third-order valence-electron chi connectivity index (χ3n) is 2.62. The summed E-state index contributed by atoms with van der Waals surface area (Å²) in [5.74, 6) is 0.656. The smallest absolute Gasteiger partial charge is 0.239 e. The highest BCUT2D eigenvalue weighted by Crippen LogP contribution is 2.24. The van der Waals surface area contributed by atoms with Crippen LogP contribution < -0.4 is 5.32 Å². The number of amides is 1. The van der Waals surface area contributed by atoms with Crippen molar-refractivity contribution < 1.29 is 4.79 Å². The summed E-state index contributed by atoms with van der Waals surface area (Å²) in [7, 11) is 1.62. The van der Waals surface area contributed by atoms with Gasteiger partial charge in [-0.3, -0.25) is 4.79 Å². The van der Waals surface area contributed by atoms with Crippen LogP contribution >= 0.6 is 11.6 Å². The maximum atomic E-state index is 11.5. The zero-order valence-electron chi connectivity index (χ0n) is 9.77. The lowest BCUT2D eigenvalue weighted by molar-refractivity contribution is -0.121. The van der Waals surface area contributed by atoms with Crippen molar-refractivity contribution in [3.8, 4) is 0 Å². The fourth-order valence-electron chi connectivity index (χ4n) is 1.79. The molecule has 0 aliphatic carbocycles. The molecule has 0 radical (unpaired) electrons. The number of fused-ring (bicyclic) bond motifs is 1. The van der Waals surface area contributed by atoms with Gasteiger partial charge in [-0.2, -0.15) is 0 Å². The van der Waals surface area contributed by atoms with Crippen LogP contribution in [0.2, 0.25) is 0 Å². The number of hydrogen-bond acceptors (Lipinski definition) is 2. The second kappa shape index (κ2) is 4.75. The molecule has 0 bridgehead atoms. The van der Waals surface area contributed by atoms with Crippen LogP contribution in [0.1, 0.15) is 18.1 Å². The van der Waals surface area contributed by atoms with E-state index in [0.29, 0.717) is 0 Å². The van der Waals surface area contributed by atoms with Crippen molar-refractivity contribution in [3.05, 3.63) is 30.1 Å². The van der Waals surface area contributed by atoms with Gasteiger partial charge < -0.3 is 9.88 Å². The molecule has 0 spiro atoms. The third kappa shape index (κ3) is 2.26. The SMILES string of the molecule is CNC(=O)Cn1c(C(C)Cl)nc2ccccc21. The first-order chi connectivity index (χ1) is 8.13. The first kappa shape index (κ1) is 11.9. The Labute approximate surface area is 105 Å². The van der Waals surface area contributed by atoms with Crippen LogP contribution in [0.25, 0.3) is 11.0 Å². The van der Waals surface area contributed by atoms with E-state index in [-0.39, 0.29) is 17.8 Å². The number of aromatic nitrogens is 2. The topological polar surface area (TPSA) is 46.9 Å². The Kier molecular flexibility index (Phi) is 3.33. The highest BCUT2D eigenvalue weighted by molar-refractivity contribution is 6.20. The van der Waals surface area contributed by atoms with E-state index in [2.05, 4.69) is 10.3 Å². The van der Waals surface area contributed by atoms with Crippen LogP contribution in [0.4, 0.5) is 0 Å². The molecule has 17 heavy (non-hydrogen) atoms. The van der Waals surface area contributed by atoms with Crippen LogP contribution in [0, 0.1) is 0 Å². The molecule has 2 rings (SSSR count). The average molecular weight is 252 g/mol. The van der Waals surface area contributed by atoms with Crippen molar-refractivity contribution in [2.45, 2.75) is 18.8 Å². The van der Waals surface area contributed by atoms with Crippen molar-refractivity contribution in [2.75, 3.05) is 7.05 Å². The maximum Gasteiger partial charge on any atom is 0.239 e. The maximum absolute atomic E-state index is 11.5. The summed E-state index contributed by atoms with van der Waals surface area (Å²) < 4.78 is 1.85. The van der Waals surface area contributed by atoms with Gasteiger partial charge in [0.1, 0.15) is 12.4 Å². The fourth-order valence-corrected chi connectivity index (χ4v) is 1.95. The summed E-state index contributed by atoms with van der Waals surface area (Å²) in [4.78, 5) is 15.9. The summed E-state index contributed by atoms with van der Waals surface area (Å²) in [6.07, 6.45) is 0. The van der Waals surface area contributed by atoms with Crippen molar-refractivity contribution in [2.24, 2.45) is 0 Å². The molecule has 5 heteroatoms. The number of hydrogen-bond donors (Lipinski definition) is 1. The summed E-state index contributed by atoms with van der Waals surface area (Å²) in [5, 5.41) is 2.37. The Morgan fingerprint density at radius 3 is 2.88 bits per heavy atom. The van der Waals surface area contributed by atoms with Gasteiger partial charge in [-0.25, -0.2) is 4.98 Å². The van der Waals surface area contributed by atoms with Crippen molar-refractivity contribution >= 4 is 28.5 Å². The summed E-state index contributed by atoms with van der Waals surface area (Å²) >= 11 is 6.09. The normalized spacial score (nSPS) is 12.6. The molecule has 1 heterocycles. The number of halogens is 1. The number of carbonyl (C=O) groups excluding carboxylic acids is 1. The number of nitrogens with one attached hydrogen (secondary N) is 1. The lowest BCUT2D eigenvalue weighted by Crippen LogP contribution is -2.24. The Morgan fingerprint density at radius 1 is 1.53 bits per heavy atom. The minimum Gasteiger partial charge on any atom is -0.358 e. The quantitative estimate of drug-likeness (QED) is 0.849. The van der Waals surface area contributed by atoms with E-state index in [1.807, 2.05) is 35.8 Å². The molecule has 1 aromatic carbocycles. The summed E-state index contributed by atoms with van der Waals surface area (Å²) in [6.45, 7) is 2.09. The lowest BCUT2D eigenvalue weighted by atomic mass is 10.3. The molecule has 1 N–H and O–H groups in total. The molecule has 1 aromatic heterocycles. The van der Waals surface area contributed by atoms with Gasteiger partial charge in [0.25, 0.3) is 0 Å². The Bertz CT molecular complexity index is 548. The number of carbonyl (C=O) groups is 1. The average Bonchev–Trinajstić information content (AvgIpc) is 2.68. The molecule has 1 amide bonds. The molecule has 2 aromatic rings.